The van der Waals surface area contributed by atoms with Crippen molar-refractivity contribution in [1.29, 1.82) is 0 Å². The first-order chi connectivity index (χ1) is 12.5. The van der Waals surface area contributed by atoms with E-state index in [9.17, 15) is 18.0 Å². The summed E-state index contributed by atoms with van der Waals surface area (Å²) in [5.74, 6) is -1.06. The van der Waals surface area contributed by atoms with Crippen molar-refractivity contribution >= 4 is 34.7 Å². The van der Waals surface area contributed by atoms with Crippen molar-refractivity contribution in [3.05, 3.63) is 69.2 Å². The van der Waals surface area contributed by atoms with Gasteiger partial charge in [0.15, 0.2) is 0 Å². The van der Waals surface area contributed by atoms with Crippen molar-refractivity contribution in [2.45, 2.75) is 25.1 Å². The highest BCUT2D eigenvalue weighted by atomic mass is 35.5. The van der Waals surface area contributed by atoms with Gasteiger partial charge in [0.05, 0.1) is 0 Å². The average Bonchev–Trinajstić information content (AvgIpc) is 2.93. The fourth-order valence-corrected chi connectivity index (χ4v) is 3.62. The normalized spacial score (nSPS) is 19.6. The fourth-order valence-electron chi connectivity index (χ4n) is 3.09. The van der Waals surface area contributed by atoms with Gasteiger partial charge in [-0.25, -0.2) is 4.79 Å². The lowest BCUT2D eigenvalue weighted by molar-refractivity contribution is -0.248. The Morgan fingerprint density at radius 3 is 2.37 bits per heavy atom. The lowest BCUT2D eigenvalue weighted by Gasteiger charge is -2.31. The maximum atomic E-state index is 14.1. The summed E-state index contributed by atoms with van der Waals surface area (Å²) in [5.41, 5.74) is -1.57. The summed E-state index contributed by atoms with van der Waals surface area (Å²) in [6.07, 6.45) is -4.21. The van der Waals surface area contributed by atoms with Crippen LogP contribution in [0.3, 0.4) is 0 Å². The van der Waals surface area contributed by atoms with Crippen molar-refractivity contribution < 1.29 is 27.8 Å². The summed E-state index contributed by atoms with van der Waals surface area (Å²) in [6, 6.07) is 8.14. The van der Waals surface area contributed by atoms with Crippen LogP contribution in [0.4, 0.5) is 13.2 Å². The molecule has 0 amide bonds. The molecule has 1 atom stereocenters. The van der Waals surface area contributed by atoms with Crippen LogP contribution in [0.1, 0.15) is 23.6 Å². The largest absolute Gasteiger partial charge is 0.478 e. The number of rotatable bonds is 3. The molecule has 3 nitrogen and oxygen atoms in total. The van der Waals surface area contributed by atoms with E-state index in [0.717, 1.165) is 6.08 Å². The van der Waals surface area contributed by atoms with Gasteiger partial charge in [-0.3, -0.25) is 0 Å². The monoisotopic (exact) mass is 416 g/mol. The number of benzene rings is 2. The van der Waals surface area contributed by atoms with Crippen LogP contribution >= 0.6 is 23.2 Å². The van der Waals surface area contributed by atoms with Gasteiger partial charge < -0.3 is 9.84 Å². The van der Waals surface area contributed by atoms with Gasteiger partial charge in [-0.2, -0.15) is 13.2 Å². The second-order valence-electron chi connectivity index (χ2n) is 6.25. The molecule has 142 valence electrons. The van der Waals surface area contributed by atoms with Crippen molar-refractivity contribution in [3.63, 3.8) is 0 Å². The van der Waals surface area contributed by atoms with Crippen molar-refractivity contribution in [3.8, 4) is 5.75 Å². The molecule has 0 spiro atoms. The van der Waals surface area contributed by atoms with Gasteiger partial charge in [0, 0.05) is 28.1 Å². The number of hydrogen-bond donors (Lipinski definition) is 1. The molecule has 0 aliphatic carbocycles. The first kappa shape index (κ1) is 19.6. The quantitative estimate of drug-likeness (QED) is 0.635. The molecule has 27 heavy (non-hydrogen) atoms. The van der Waals surface area contributed by atoms with E-state index < -0.39 is 24.2 Å². The minimum Gasteiger partial charge on any atom is -0.478 e. The smallest absolute Gasteiger partial charge is 0.432 e. The van der Waals surface area contributed by atoms with Gasteiger partial charge in [-0.15, -0.1) is 0 Å². The number of allylic oxidation sites excluding steroid dienone is 1. The Morgan fingerprint density at radius 2 is 1.81 bits per heavy atom. The number of ether oxygens (including phenoxy) is 1. The molecule has 0 aromatic heterocycles. The van der Waals surface area contributed by atoms with Crippen LogP contribution in [0.5, 0.6) is 5.75 Å². The maximum Gasteiger partial charge on any atom is 0.432 e. The summed E-state index contributed by atoms with van der Waals surface area (Å²) < 4.78 is 47.6. The first-order valence-electron chi connectivity index (χ1n) is 7.79. The molecule has 0 saturated carbocycles. The first-order valence-corrected chi connectivity index (χ1v) is 8.54. The molecule has 1 heterocycles. The summed E-state index contributed by atoms with van der Waals surface area (Å²) in [7, 11) is 0. The van der Waals surface area contributed by atoms with Crippen LogP contribution in [0, 0.1) is 0 Å². The molecule has 1 aliphatic rings. The molecule has 0 radical (unpaired) electrons. The zero-order valence-electron chi connectivity index (χ0n) is 13.9. The topological polar surface area (TPSA) is 46.5 Å². The molecule has 1 unspecified atom stereocenters. The number of fused-ring (bicyclic) bond motifs is 1. The van der Waals surface area contributed by atoms with E-state index in [-0.39, 0.29) is 21.4 Å². The van der Waals surface area contributed by atoms with E-state index in [1.54, 1.807) is 6.92 Å². The summed E-state index contributed by atoms with van der Waals surface area (Å²) in [6.45, 7) is 1.57. The molecule has 0 bridgehead atoms. The molecule has 3 rings (SSSR count). The number of aliphatic carboxylic acids is 1. The lowest BCUT2D eigenvalue weighted by Crippen LogP contribution is -2.46. The number of carboxylic acids is 1. The minimum absolute atomic E-state index is 0.0709. The number of carboxylic acid groups (broad SMARTS) is 1. The van der Waals surface area contributed by atoms with Crippen LogP contribution in [0.15, 0.2) is 42.5 Å². The molecule has 2 aromatic rings. The van der Waals surface area contributed by atoms with E-state index >= 15 is 0 Å². The standard InChI is InChI=1S/C19H13Cl2F3O3/c1-10(4-17(25)26)11-2-3-16-12(5-11)9-18(27-16,19(22,23)24)13-6-14(20)8-15(21)7-13/h2-8H,9H2,1H3,(H,25,26)/b10-4-. The zero-order valence-corrected chi connectivity index (χ0v) is 15.4. The number of carbonyl (C=O) groups is 1. The highest BCUT2D eigenvalue weighted by Crippen LogP contribution is 2.51. The average molecular weight is 417 g/mol. The SMILES string of the molecule is C/C(=C/C(=O)O)c1ccc2c(c1)CC(c1cc(Cl)cc(Cl)c1)(C(F)(F)F)O2. The second kappa shape index (κ2) is 6.77. The number of hydrogen-bond acceptors (Lipinski definition) is 2. The van der Waals surface area contributed by atoms with Crippen molar-refractivity contribution in [1.82, 2.24) is 0 Å². The van der Waals surface area contributed by atoms with Gasteiger partial charge >= 0.3 is 12.1 Å². The van der Waals surface area contributed by atoms with Crippen LogP contribution in [-0.2, 0) is 16.8 Å². The van der Waals surface area contributed by atoms with Crippen LogP contribution in [-0.4, -0.2) is 17.3 Å². The predicted molar refractivity (Wildman–Crippen MR) is 96.3 cm³/mol. The molecule has 2 aromatic carbocycles. The van der Waals surface area contributed by atoms with E-state index in [1.165, 1.54) is 36.4 Å². The minimum atomic E-state index is -4.73. The van der Waals surface area contributed by atoms with E-state index in [4.69, 9.17) is 33.0 Å². The van der Waals surface area contributed by atoms with Crippen LogP contribution in [0.2, 0.25) is 10.0 Å². The Bertz CT molecular complexity index is 933. The lowest BCUT2D eigenvalue weighted by atomic mass is 9.88. The van der Waals surface area contributed by atoms with Gasteiger partial charge in [0.2, 0.25) is 5.60 Å². The third-order valence-corrected chi connectivity index (χ3v) is 4.80. The molecule has 0 saturated heterocycles. The van der Waals surface area contributed by atoms with Gasteiger partial charge in [0.25, 0.3) is 0 Å². The third-order valence-electron chi connectivity index (χ3n) is 4.37. The van der Waals surface area contributed by atoms with Gasteiger partial charge in [-0.1, -0.05) is 29.3 Å². The molecular formula is C19H13Cl2F3O3. The van der Waals surface area contributed by atoms with Crippen molar-refractivity contribution in [2.24, 2.45) is 0 Å². The Hall–Kier alpha value is -2.18. The van der Waals surface area contributed by atoms with Crippen LogP contribution < -0.4 is 4.74 Å². The summed E-state index contributed by atoms with van der Waals surface area (Å²) in [4.78, 5) is 10.8. The maximum absolute atomic E-state index is 14.1. The molecule has 0 fully saturated rings. The van der Waals surface area contributed by atoms with Gasteiger partial charge in [0.1, 0.15) is 5.75 Å². The number of halogens is 5. The Balaban J connectivity index is 2.10. The Morgan fingerprint density at radius 1 is 1.19 bits per heavy atom. The van der Waals surface area contributed by atoms with E-state index in [0.29, 0.717) is 16.7 Å². The highest BCUT2D eigenvalue weighted by molar-refractivity contribution is 6.34. The third kappa shape index (κ3) is 3.64. The van der Waals surface area contributed by atoms with Crippen LogP contribution in [0.25, 0.3) is 5.57 Å². The van der Waals surface area contributed by atoms with Gasteiger partial charge in [-0.05, 0) is 54.0 Å². The van der Waals surface area contributed by atoms with Crippen molar-refractivity contribution in [2.75, 3.05) is 0 Å². The van der Waals surface area contributed by atoms with E-state index in [2.05, 4.69) is 0 Å². The number of alkyl halides is 3. The Kier molecular flexibility index (Phi) is 4.91. The molecular weight excluding hydrogens is 404 g/mol. The molecule has 1 aliphatic heterocycles. The molecule has 8 heteroatoms. The summed E-state index contributed by atoms with van der Waals surface area (Å²) in [5, 5.41) is 9.00. The predicted octanol–water partition coefficient (Wildman–Crippen LogP) is 5.87. The summed E-state index contributed by atoms with van der Waals surface area (Å²) >= 11 is 11.8. The van der Waals surface area contributed by atoms with E-state index in [1.807, 2.05) is 0 Å². The molecule has 1 N–H and O–H groups in total. The highest BCUT2D eigenvalue weighted by Gasteiger charge is 2.61. The second-order valence-corrected chi connectivity index (χ2v) is 7.12. The Labute approximate surface area is 163 Å². The fraction of sp³-hybridized carbons (Fsp3) is 0.211. The zero-order chi connectivity index (χ0) is 20.0.